The second kappa shape index (κ2) is 8.21. The number of hydrogen-bond donors (Lipinski definition) is 2. The lowest BCUT2D eigenvalue weighted by Crippen LogP contribution is -2.52. The number of carbonyl (C=O) groups excluding carboxylic acids is 2. The quantitative estimate of drug-likeness (QED) is 0.670. The zero-order valence-electron chi connectivity index (χ0n) is 12.7. The molecule has 1 rings (SSSR count). The summed E-state index contributed by atoms with van der Waals surface area (Å²) in [6, 6.07) is 0.0832. The van der Waals surface area contributed by atoms with E-state index in [0.717, 1.165) is 26.1 Å². The first kappa shape index (κ1) is 16.9. The zero-order chi connectivity index (χ0) is 15.1. The number of ether oxygens (including phenoxy) is 1. The normalized spacial score (nSPS) is 23.6. The van der Waals surface area contributed by atoms with Gasteiger partial charge in [-0.1, -0.05) is 13.8 Å². The molecule has 6 heteroatoms. The molecule has 2 unspecified atom stereocenters. The Balaban J connectivity index is 2.60. The number of amides is 1. The average Bonchev–Trinajstić information content (AvgIpc) is 2.38. The molecule has 3 N–H and O–H groups in total. The number of likely N-dealkylation sites (tertiary alicyclic amines) is 1. The summed E-state index contributed by atoms with van der Waals surface area (Å²) in [7, 11) is 1.40. The van der Waals surface area contributed by atoms with E-state index in [1.54, 1.807) is 0 Å². The third kappa shape index (κ3) is 5.46. The van der Waals surface area contributed by atoms with Crippen LogP contribution in [0.2, 0.25) is 0 Å². The van der Waals surface area contributed by atoms with E-state index in [-0.39, 0.29) is 29.8 Å². The Labute approximate surface area is 121 Å². The number of nitrogens with two attached hydrogens (primary N) is 1. The Kier molecular flexibility index (Phi) is 6.95. The number of nitrogens with zero attached hydrogens (tertiary/aromatic N) is 1. The predicted octanol–water partition coefficient (Wildman–Crippen LogP) is -0.0291. The fourth-order valence-electron chi connectivity index (χ4n) is 2.61. The van der Waals surface area contributed by atoms with Crippen LogP contribution in [-0.4, -0.2) is 56.1 Å². The number of rotatable bonds is 6. The molecule has 1 heterocycles. The lowest BCUT2D eigenvalue weighted by atomic mass is 9.91. The third-order valence-electron chi connectivity index (χ3n) is 3.61. The van der Waals surface area contributed by atoms with Crippen molar-refractivity contribution in [1.82, 2.24) is 10.2 Å². The van der Waals surface area contributed by atoms with Crippen LogP contribution in [0.4, 0.5) is 0 Å². The van der Waals surface area contributed by atoms with Crippen LogP contribution in [0, 0.1) is 11.8 Å². The number of nitrogens with one attached hydrogen (secondary N) is 1. The van der Waals surface area contributed by atoms with Gasteiger partial charge in [0.1, 0.15) is 0 Å². The summed E-state index contributed by atoms with van der Waals surface area (Å²) < 4.78 is 4.73. The summed E-state index contributed by atoms with van der Waals surface area (Å²) in [6.45, 7) is 6.75. The minimum atomic E-state index is -0.196. The van der Waals surface area contributed by atoms with E-state index in [0.29, 0.717) is 13.0 Å². The number of piperidine rings is 1. The highest BCUT2D eigenvalue weighted by atomic mass is 16.5. The van der Waals surface area contributed by atoms with Crippen molar-refractivity contribution in [2.45, 2.75) is 32.7 Å². The number of hydrogen-bond acceptors (Lipinski definition) is 5. The van der Waals surface area contributed by atoms with E-state index in [9.17, 15) is 9.59 Å². The first-order chi connectivity index (χ1) is 9.46. The lowest BCUT2D eigenvalue weighted by molar-refractivity contribution is -0.142. The Morgan fingerprint density at radius 2 is 2.10 bits per heavy atom. The molecule has 1 aliphatic rings. The average molecular weight is 285 g/mol. The molecule has 116 valence electrons. The maximum atomic E-state index is 11.8. The fraction of sp³-hybridized carbons (Fsp3) is 0.857. The maximum absolute atomic E-state index is 11.8. The Morgan fingerprint density at radius 1 is 1.40 bits per heavy atom. The van der Waals surface area contributed by atoms with Crippen molar-refractivity contribution in [3.63, 3.8) is 0 Å². The van der Waals surface area contributed by atoms with Crippen LogP contribution in [0.3, 0.4) is 0 Å². The molecule has 1 amide bonds. The summed E-state index contributed by atoms with van der Waals surface area (Å²) in [6.07, 6.45) is 1.21. The van der Waals surface area contributed by atoms with Crippen LogP contribution in [0.15, 0.2) is 0 Å². The summed E-state index contributed by atoms with van der Waals surface area (Å²) in [5.74, 6) is 0.0408. The predicted molar refractivity (Wildman–Crippen MR) is 77.0 cm³/mol. The van der Waals surface area contributed by atoms with Crippen LogP contribution >= 0.6 is 0 Å². The highest BCUT2D eigenvalue weighted by molar-refractivity contribution is 5.78. The summed E-state index contributed by atoms with van der Waals surface area (Å²) in [4.78, 5) is 25.5. The van der Waals surface area contributed by atoms with Gasteiger partial charge in [-0.2, -0.15) is 0 Å². The van der Waals surface area contributed by atoms with Crippen LogP contribution in [0.1, 0.15) is 26.7 Å². The number of carbonyl (C=O) groups is 2. The van der Waals surface area contributed by atoms with Crippen LogP contribution in [-0.2, 0) is 14.3 Å². The van der Waals surface area contributed by atoms with E-state index in [1.165, 1.54) is 7.11 Å². The molecule has 0 aromatic carbocycles. The van der Waals surface area contributed by atoms with E-state index < -0.39 is 0 Å². The van der Waals surface area contributed by atoms with Crippen molar-refractivity contribution in [3.8, 4) is 0 Å². The van der Waals surface area contributed by atoms with Crippen molar-refractivity contribution in [3.05, 3.63) is 0 Å². The molecule has 0 aromatic heterocycles. The monoisotopic (exact) mass is 285 g/mol. The van der Waals surface area contributed by atoms with Gasteiger partial charge in [-0.05, 0) is 12.3 Å². The zero-order valence-corrected chi connectivity index (χ0v) is 12.7. The van der Waals surface area contributed by atoms with Crippen molar-refractivity contribution < 1.29 is 14.3 Å². The van der Waals surface area contributed by atoms with Gasteiger partial charge < -0.3 is 15.8 Å². The van der Waals surface area contributed by atoms with Gasteiger partial charge in [0.05, 0.1) is 7.11 Å². The molecule has 0 spiro atoms. The molecular formula is C14H27N3O3. The standard InChI is InChI=1S/C14H27N3O3/c1-10(2)14(19)16-12-6-11(7-13(18)20-3)8-17(9-12)5-4-15/h10-12H,4-9,15H2,1-3H3,(H,16,19). The molecule has 1 aliphatic heterocycles. The summed E-state index contributed by atoms with van der Waals surface area (Å²) in [5, 5.41) is 3.05. The molecule has 1 saturated heterocycles. The van der Waals surface area contributed by atoms with E-state index in [4.69, 9.17) is 10.5 Å². The van der Waals surface area contributed by atoms with E-state index >= 15 is 0 Å². The molecular weight excluding hydrogens is 258 g/mol. The Hall–Kier alpha value is -1.14. The largest absolute Gasteiger partial charge is 0.469 e. The highest BCUT2D eigenvalue weighted by Gasteiger charge is 2.29. The van der Waals surface area contributed by atoms with Gasteiger partial charge in [-0.15, -0.1) is 0 Å². The lowest BCUT2D eigenvalue weighted by Gasteiger charge is -2.37. The highest BCUT2D eigenvalue weighted by Crippen LogP contribution is 2.20. The van der Waals surface area contributed by atoms with Crippen LogP contribution < -0.4 is 11.1 Å². The van der Waals surface area contributed by atoms with E-state index in [1.807, 2.05) is 13.8 Å². The van der Waals surface area contributed by atoms with Gasteiger partial charge >= 0.3 is 5.97 Å². The third-order valence-corrected chi connectivity index (χ3v) is 3.61. The smallest absolute Gasteiger partial charge is 0.305 e. The Bertz CT molecular complexity index is 334. The first-order valence-electron chi connectivity index (χ1n) is 7.25. The van der Waals surface area contributed by atoms with Crippen molar-refractivity contribution >= 4 is 11.9 Å². The molecule has 0 radical (unpaired) electrons. The molecule has 0 aliphatic carbocycles. The fourth-order valence-corrected chi connectivity index (χ4v) is 2.61. The van der Waals surface area contributed by atoms with Gasteiger partial charge in [0.25, 0.3) is 0 Å². The van der Waals surface area contributed by atoms with Gasteiger partial charge in [0.15, 0.2) is 0 Å². The SMILES string of the molecule is COC(=O)CC1CC(NC(=O)C(C)C)CN(CCN)C1. The number of methoxy groups -OCH3 is 1. The minimum Gasteiger partial charge on any atom is -0.469 e. The second-order valence-electron chi connectivity index (χ2n) is 5.79. The molecule has 20 heavy (non-hydrogen) atoms. The van der Waals surface area contributed by atoms with Gasteiger partial charge in [0, 0.05) is 44.6 Å². The summed E-state index contributed by atoms with van der Waals surface area (Å²) >= 11 is 0. The summed E-state index contributed by atoms with van der Waals surface area (Å²) in [5.41, 5.74) is 5.61. The van der Waals surface area contributed by atoms with Gasteiger partial charge in [-0.25, -0.2) is 0 Å². The van der Waals surface area contributed by atoms with Gasteiger partial charge in [0.2, 0.25) is 5.91 Å². The van der Waals surface area contributed by atoms with Crippen LogP contribution in [0.25, 0.3) is 0 Å². The molecule has 1 fully saturated rings. The molecule has 6 nitrogen and oxygen atoms in total. The topological polar surface area (TPSA) is 84.7 Å². The van der Waals surface area contributed by atoms with Crippen molar-refractivity contribution in [1.29, 1.82) is 0 Å². The Morgan fingerprint density at radius 3 is 2.65 bits per heavy atom. The second-order valence-corrected chi connectivity index (χ2v) is 5.79. The number of esters is 1. The minimum absolute atomic E-state index is 0.0288. The van der Waals surface area contributed by atoms with Crippen molar-refractivity contribution in [2.24, 2.45) is 17.6 Å². The first-order valence-corrected chi connectivity index (χ1v) is 7.25. The molecule has 0 aromatic rings. The maximum Gasteiger partial charge on any atom is 0.305 e. The van der Waals surface area contributed by atoms with Crippen LogP contribution in [0.5, 0.6) is 0 Å². The molecule has 0 bridgehead atoms. The van der Waals surface area contributed by atoms with E-state index in [2.05, 4.69) is 10.2 Å². The molecule has 0 saturated carbocycles. The molecule has 2 atom stereocenters. The van der Waals surface area contributed by atoms with Gasteiger partial charge in [-0.3, -0.25) is 14.5 Å². The van der Waals surface area contributed by atoms with Crippen molar-refractivity contribution in [2.75, 3.05) is 33.3 Å².